The van der Waals surface area contributed by atoms with Crippen molar-refractivity contribution < 1.29 is 19.4 Å². The van der Waals surface area contributed by atoms with E-state index in [1.165, 1.54) is 19.3 Å². The maximum absolute atomic E-state index is 12.5. The Labute approximate surface area is 204 Å². The third-order valence-corrected chi connectivity index (χ3v) is 5.76. The first-order valence-corrected chi connectivity index (χ1v) is 12.5. The van der Waals surface area contributed by atoms with Crippen LogP contribution in [0.1, 0.15) is 76.3 Å². The summed E-state index contributed by atoms with van der Waals surface area (Å²) in [6, 6.07) is 13.9. The molecule has 2 aromatic rings. The number of hydrogen-bond donors (Lipinski definition) is 1. The zero-order chi connectivity index (χ0) is 24.8. The zero-order valence-electron chi connectivity index (χ0n) is 20.9. The summed E-state index contributed by atoms with van der Waals surface area (Å²) in [5.74, 6) is -0.0698. The fourth-order valence-electron chi connectivity index (χ4n) is 3.76. The fourth-order valence-corrected chi connectivity index (χ4v) is 3.76. The Morgan fingerprint density at radius 3 is 2.47 bits per heavy atom. The summed E-state index contributed by atoms with van der Waals surface area (Å²) < 4.78 is 6.06. The van der Waals surface area contributed by atoms with Crippen LogP contribution in [0.3, 0.4) is 0 Å². The van der Waals surface area contributed by atoms with Crippen LogP contribution in [0.5, 0.6) is 5.75 Å². The highest BCUT2D eigenvalue weighted by molar-refractivity contribution is 5.86. The first-order chi connectivity index (χ1) is 16.4. The van der Waals surface area contributed by atoms with Gasteiger partial charge in [-0.2, -0.15) is 0 Å². The van der Waals surface area contributed by atoms with Gasteiger partial charge in [0.1, 0.15) is 5.75 Å². The van der Waals surface area contributed by atoms with Crippen molar-refractivity contribution in [2.24, 2.45) is 0 Å². The SMILES string of the molecule is CCCCCCCC(=O)N(C)Cc1cccc(-c2ccc(/C=C/C(=O)O)cc2OCCCC)c1. The van der Waals surface area contributed by atoms with E-state index in [0.717, 1.165) is 59.8 Å². The number of unbranched alkanes of at least 4 members (excludes halogenated alkanes) is 5. The fraction of sp³-hybridized carbons (Fsp3) is 0.448. The lowest BCUT2D eigenvalue weighted by Crippen LogP contribution is -2.25. The van der Waals surface area contributed by atoms with Gasteiger partial charge in [-0.3, -0.25) is 4.79 Å². The normalized spacial score (nSPS) is 11.0. The van der Waals surface area contributed by atoms with Gasteiger partial charge in [0.15, 0.2) is 0 Å². The minimum absolute atomic E-state index is 0.181. The molecule has 0 radical (unpaired) electrons. The molecule has 0 unspecified atom stereocenters. The molecule has 2 aromatic carbocycles. The number of aliphatic carboxylic acids is 1. The summed E-state index contributed by atoms with van der Waals surface area (Å²) in [5, 5.41) is 8.93. The monoisotopic (exact) mass is 465 g/mol. The third kappa shape index (κ3) is 9.42. The van der Waals surface area contributed by atoms with Crippen LogP contribution in [0, 0.1) is 0 Å². The van der Waals surface area contributed by atoms with E-state index >= 15 is 0 Å². The number of benzene rings is 2. The minimum atomic E-state index is -0.982. The van der Waals surface area contributed by atoms with Crippen LogP contribution in [-0.4, -0.2) is 35.5 Å². The molecule has 0 fully saturated rings. The molecule has 5 heteroatoms. The van der Waals surface area contributed by atoms with Gasteiger partial charge in [0.25, 0.3) is 0 Å². The van der Waals surface area contributed by atoms with E-state index < -0.39 is 5.97 Å². The van der Waals surface area contributed by atoms with Gasteiger partial charge in [0.05, 0.1) is 6.61 Å². The van der Waals surface area contributed by atoms with Gasteiger partial charge in [0, 0.05) is 31.7 Å². The molecule has 2 rings (SSSR count). The summed E-state index contributed by atoms with van der Waals surface area (Å²) >= 11 is 0. The van der Waals surface area contributed by atoms with Crippen molar-refractivity contribution >= 4 is 18.0 Å². The van der Waals surface area contributed by atoms with Crippen LogP contribution in [0.25, 0.3) is 17.2 Å². The van der Waals surface area contributed by atoms with Gasteiger partial charge in [-0.05, 0) is 47.7 Å². The molecule has 0 atom stereocenters. The molecule has 0 saturated heterocycles. The molecule has 0 heterocycles. The minimum Gasteiger partial charge on any atom is -0.493 e. The van der Waals surface area contributed by atoms with E-state index in [1.807, 2.05) is 43.4 Å². The lowest BCUT2D eigenvalue weighted by atomic mass is 10.00. The molecule has 1 amide bonds. The maximum atomic E-state index is 12.5. The number of carboxylic acids is 1. The lowest BCUT2D eigenvalue weighted by molar-refractivity contribution is -0.131. The van der Waals surface area contributed by atoms with Crippen molar-refractivity contribution in [2.75, 3.05) is 13.7 Å². The number of carboxylic acid groups (broad SMARTS) is 1. The van der Waals surface area contributed by atoms with E-state index in [0.29, 0.717) is 19.6 Å². The van der Waals surface area contributed by atoms with E-state index in [-0.39, 0.29) is 5.91 Å². The Hall–Kier alpha value is -3.08. The van der Waals surface area contributed by atoms with Crippen LogP contribution in [0.15, 0.2) is 48.5 Å². The van der Waals surface area contributed by atoms with Crippen molar-refractivity contribution in [1.82, 2.24) is 4.90 Å². The van der Waals surface area contributed by atoms with Crippen molar-refractivity contribution in [3.63, 3.8) is 0 Å². The largest absolute Gasteiger partial charge is 0.493 e. The summed E-state index contributed by atoms with van der Waals surface area (Å²) in [6.07, 6.45) is 11.0. The lowest BCUT2D eigenvalue weighted by Gasteiger charge is -2.18. The second kappa shape index (κ2) is 14.9. The average molecular weight is 466 g/mol. The summed E-state index contributed by atoms with van der Waals surface area (Å²) in [6.45, 7) is 5.47. The third-order valence-electron chi connectivity index (χ3n) is 5.76. The molecule has 1 N–H and O–H groups in total. The predicted molar refractivity (Wildman–Crippen MR) is 139 cm³/mol. The second-order valence-electron chi connectivity index (χ2n) is 8.74. The van der Waals surface area contributed by atoms with Gasteiger partial charge in [-0.1, -0.05) is 76.3 Å². The molecule has 0 aliphatic carbocycles. The quantitative estimate of drug-likeness (QED) is 0.228. The van der Waals surface area contributed by atoms with Gasteiger partial charge in [0.2, 0.25) is 5.91 Å². The topological polar surface area (TPSA) is 66.8 Å². The van der Waals surface area contributed by atoms with Crippen LogP contribution in [-0.2, 0) is 16.1 Å². The number of nitrogens with zero attached hydrogens (tertiary/aromatic N) is 1. The smallest absolute Gasteiger partial charge is 0.328 e. The Kier molecular flexibility index (Phi) is 11.9. The highest BCUT2D eigenvalue weighted by Crippen LogP contribution is 2.32. The Balaban J connectivity index is 2.14. The van der Waals surface area contributed by atoms with Crippen molar-refractivity contribution in [2.45, 2.75) is 71.8 Å². The first kappa shape index (κ1) is 27.2. The highest BCUT2D eigenvalue weighted by Gasteiger charge is 2.12. The van der Waals surface area contributed by atoms with E-state index in [4.69, 9.17) is 9.84 Å². The van der Waals surface area contributed by atoms with Crippen LogP contribution in [0.4, 0.5) is 0 Å². The van der Waals surface area contributed by atoms with Crippen LogP contribution in [0.2, 0.25) is 0 Å². The van der Waals surface area contributed by atoms with Gasteiger partial charge in [-0.25, -0.2) is 4.79 Å². The molecular weight excluding hydrogens is 426 g/mol. The number of ether oxygens (including phenoxy) is 1. The average Bonchev–Trinajstić information content (AvgIpc) is 2.83. The molecule has 5 nitrogen and oxygen atoms in total. The molecule has 0 aromatic heterocycles. The van der Waals surface area contributed by atoms with Gasteiger partial charge in [-0.15, -0.1) is 0 Å². The maximum Gasteiger partial charge on any atom is 0.328 e. The molecule has 0 aliphatic rings. The van der Waals surface area contributed by atoms with Gasteiger partial charge < -0.3 is 14.7 Å². The molecule has 0 aliphatic heterocycles. The Morgan fingerprint density at radius 1 is 0.971 bits per heavy atom. The van der Waals surface area contributed by atoms with Crippen LogP contribution < -0.4 is 4.74 Å². The van der Waals surface area contributed by atoms with Crippen molar-refractivity contribution in [3.05, 3.63) is 59.7 Å². The van der Waals surface area contributed by atoms with Crippen molar-refractivity contribution in [1.29, 1.82) is 0 Å². The molecule has 34 heavy (non-hydrogen) atoms. The first-order valence-electron chi connectivity index (χ1n) is 12.5. The Morgan fingerprint density at radius 2 is 1.74 bits per heavy atom. The summed E-state index contributed by atoms with van der Waals surface area (Å²) in [7, 11) is 1.86. The van der Waals surface area contributed by atoms with E-state index in [2.05, 4.69) is 19.9 Å². The molecule has 0 saturated carbocycles. The number of hydrogen-bond acceptors (Lipinski definition) is 3. The Bertz CT molecular complexity index is 951. The summed E-state index contributed by atoms with van der Waals surface area (Å²) in [5.41, 5.74) is 3.81. The molecule has 0 bridgehead atoms. The van der Waals surface area contributed by atoms with E-state index in [9.17, 15) is 9.59 Å². The number of amides is 1. The molecule has 184 valence electrons. The number of carbonyl (C=O) groups excluding carboxylic acids is 1. The number of rotatable bonds is 15. The zero-order valence-corrected chi connectivity index (χ0v) is 20.9. The summed E-state index contributed by atoms with van der Waals surface area (Å²) in [4.78, 5) is 25.2. The van der Waals surface area contributed by atoms with Gasteiger partial charge >= 0.3 is 5.97 Å². The second-order valence-corrected chi connectivity index (χ2v) is 8.74. The molecular formula is C29H39NO4. The van der Waals surface area contributed by atoms with Crippen molar-refractivity contribution in [3.8, 4) is 16.9 Å². The predicted octanol–water partition coefficient (Wildman–Crippen LogP) is 6.95. The molecule has 0 spiro atoms. The van der Waals surface area contributed by atoms with E-state index in [1.54, 1.807) is 11.0 Å². The number of carbonyl (C=O) groups is 2. The standard InChI is InChI=1S/C29H39NO4/c1-4-6-8-9-10-14-28(31)30(3)22-24-12-11-13-25(20-24)26-17-15-23(16-18-29(32)33)21-27(26)34-19-7-5-2/h11-13,15-18,20-21H,4-10,14,19,22H2,1-3H3,(H,32,33)/b18-16+. The highest BCUT2D eigenvalue weighted by atomic mass is 16.5. The van der Waals surface area contributed by atoms with Crippen LogP contribution >= 0.6 is 0 Å².